The number of para-hydroxylation sites is 1. The number of aromatic nitrogens is 2. The highest BCUT2D eigenvalue weighted by atomic mass is 16.5. The van der Waals surface area contributed by atoms with Gasteiger partial charge in [0.05, 0.1) is 6.61 Å². The molecule has 0 saturated heterocycles. The quantitative estimate of drug-likeness (QED) is 0.780. The number of benzene rings is 1. The molecular formula is C14H14N2O5. The van der Waals surface area contributed by atoms with Crippen LogP contribution >= 0.6 is 0 Å². The maximum atomic E-state index is 10.6. The number of rotatable bonds is 7. The number of carboxylic acids is 1. The van der Waals surface area contributed by atoms with Crippen LogP contribution in [0, 0.1) is 0 Å². The van der Waals surface area contributed by atoms with Crippen LogP contribution in [0.5, 0.6) is 11.5 Å². The average molecular weight is 290 g/mol. The molecule has 0 aliphatic heterocycles. The molecule has 2 rings (SSSR count). The summed E-state index contributed by atoms with van der Waals surface area (Å²) < 4.78 is 15.8. The van der Waals surface area contributed by atoms with E-state index in [1.54, 1.807) is 18.2 Å². The van der Waals surface area contributed by atoms with Crippen LogP contribution in [0.3, 0.4) is 0 Å². The third-order valence-electron chi connectivity index (χ3n) is 2.47. The van der Waals surface area contributed by atoms with Gasteiger partial charge in [0.1, 0.15) is 0 Å². The molecule has 0 bridgehead atoms. The van der Waals surface area contributed by atoms with Gasteiger partial charge in [-0.1, -0.05) is 17.3 Å². The van der Waals surface area contributed by atoms with Crippen LogP contribution in [-0.2, 0) is 11.4 Å². The highest BCUT2D eigenvalue weighted by molar-refractivity contribution is 5.86. The summed E-state index contributed by atoms with van der Waals surface area (Å²) in [4.78, 5) is 14.5. The molecule has 2 aromatic rings. The van der Waals surface area contributed by atoms with E-state index in [1.807, 2.05) is 6.92 Å². The van der Waals surface area contributed by atoms with E-state index in [1.165, 1.54) is 12.5 Å². The van der Waals surface area contributed by atoms with Crippen molar-refractivity contribution < 1.29 is 23.9 Å². The fraction of sp³-hybridized carbons (Fsp3) is 0.214. The lowest BCUT2D eigenvalue weighted by atomic mass is 10.1. The van der Waals surface area contributed by atoms with Gasteiger partial charge in [0.15, 0.2) is 18.1 Å². The third kappa shape index (κ3) is 4.07. The van der Waals surface area contributed by atoms with Gasteiger partial charge in [-0.2, -0.15) is 4.98 Å². The van der Waals surface area contributed by atoms with Crippen molar-refractivity contribution in [2.24, 2.45) is 0 Å². The van der Waals surface area contributed by atoms with Crippen LogP contribution in [0.15, 0.2) is 35.2 Å². The standard InChI is InChI=1S/C14H14N2O5/c1-2-19-11-5-3-4-10(6-7-13(17)18)14(11)20-8-12-15-9-21-16-12/h3-7,9H,2,8H2,1H3,(H,17,18)/b7-6+. The number of aliphatic carboxylic acids is 1. The molecule has 1 heterocycles. The molecule has 0 spiro atoms. The molecule has 0 atom stereocenters. The van der Waals surface area contributed by atoms with Crippen molar-refractivity contribution in [1.82, 2.24) is 10.1 Å². The Hall–Kier alpha value is -2.83. The molecule has 0 amide bonds. The first kappa shape index (κ1) is 14.6. The van der Waals surface area contributed by atoms with Gasteiger partial charge in [0.2, 0.25) is 12.2 Å². The molecule has 0 fully saturated rings. The zero-order valence-corrected chi connectivity index (χ0v) is 11.4. The minimum absolute atomic E-state index is 0.0918. The highest BCUT2D eigenvalue weighted by Crippen LogP contribution is 2.32. The van der Waals surface area contributed by atoms with Crippen molar-refractivity contribution in [1.29, 1.82) is 0 Å². The van der Waals surface area contributed by atoms with Crippen LogP contribution in [0.1, 0.15) is 18.3 Å². The third-order valence-corrected chi connectivity index (χ3v) is 2.47. The van der Waals surface area contributed by atoms with Gasteiger partial charge in [0.25, 0.3) is 0 Å². The summed E-state index contributed by atoms with van der Waals surface area (Å²) in [5.41, 5.74) is 0.590. The molecule has 21 heavy (non-hydrogen) atoms. The van der Waals surface area contributed by atoms with E-state index in [-0.39, 0.29) is 6.61 Å². The Balaban J connectivity index is 2.26. The van der Waals surface area contributed by atoms with E-state index in [4.69, 9.17) is 14.6 Å². The SMILES string of the molecule is CCOc1cccc(/C=C/C(=O)O)c1OCc1ncon1. The van der Waals surface area contributed by atoms with Crippen LogP contribution < -0.4 is 9.47 Å². The largest absolute Gasteiger partial charge is 0.490 e. The van der Waals surface area contributed by atoms with Crippen LogP contribution in [0.25, 0.3) is 6.08 Å². The summed E-state index contributed by atoms with van der Waals surface area (Å²) in [6.07, 6.45) is 3.68. The fourth-order valence-corrected chi connectivity index (χ4v) is 1.64. The van der Waals surface area contributed by atoms with Crippen molar-refractivity contribution in [3.8, 4) is 11.5 Å². The van der Waals surface area contributed by atoms with Gasteiger partial charge in [-0.15, -0.1) is 0 Å². The minimum Gasteiger partial charge on any atom is -0.490 e. The summed E-state index contributed by atoms with van der Waals surface area (Å²) in [6, 6.07) is 5.23. The molecule has 7 heteroatoms. The van der Waals surface area contributed by atoms with Gasteiger partial charge in [0, 0.05) is 11.6 Å². The first-order chi connectivity index (χ1) is 10.2. The molecule has 1 aromatic carbocycles. The van der Waals surface area contributed by atoms with Gasteiger partial charge in [-0.3, -0.25) is 0 Å². The van der Waals surface area contributed by atoms with E-state index < -0.39 is 5.97 Å². The Morgan fingerprint density at radius 2 is 2.29 bits per heavy atom. The Labute approximate surface area is 120 Å². The Morgan fingerprint density at radius 1 is 1.43 bits per heavy atom. The molecule has 0 aliphatic rings. The van der Waals surface area contributed by atoms with E-state index >= 15 is 0 Å². The van der Waals surface area contributed by atoms with E-state index in [0.717, 1.165) is 6.08 Å². The van der Waals surface area contributed by atoms with Crippen LogP contribution in [0.2, 0.25) is 0 Å². The normalized spacial score (nSPS) is 10.7. The second-order valence-corrected chi connectivity index (χ2v) is 3.92. The lowest BCUT2D eigenvalue weighted by Crippen LogP contribution is -2.02. The van der Waals surface area contributed by atoms with Gasteiger partial charge in [-0.25, -0.2) is 4.79 Å². The summed E-state index contributed by atoms with van der Waals surface area (Å²) in [7, 11) is 0. The van der Waals surface area contributed by atoms with Gasteiger partial charge < -0.3 is 19.1 Å². The van der Waals surface area contributed by atoms with Crippen molar-refractivity contribution in [2.45, 2.75) is 13.5 Å². The molecule has 110 valence electrons. The fourth-order valence-electron chi connectivity index (χ4n) is 1.64. The van der Waals surface area contributed by atoms with Crippen LogP contribution in [0.4, 0.5) is 0 Å². The van der Waals surface area contributed by atoms with Crippen molar-refractivity contribution >= 4 is 12.0 Å². The Morgan fingerprint density at radius 3 is 2.95 bits per heavy atom. The second kappa shape index (κ2) is 7.09. The van der Waals surface area contributed by atoms with E-state index in [0.29, 0.717) is 29.5 Å². The summed E-state index contributed by atoms with van der Waals surface area (Å²) in [6.45, 7) is 2.40. The number of nitrogens with zero attached hydrogens (tertiary/aromatic N) is 2. The topological polar surface area (TPSA) is 94.7 Å². The number of hydrogen-bond donors (Lipinski definition) is 1. The predicted molar refractivity (Wildman–Crippen MR) is 72.9 cm³/mol. The maximum absolute atomic E-state index is 10.6. The van der Waals surface area contributed by atoms with E-state index in [2.05, 4.69) is 14.7 Å². The molecule has 0 radical (unpaired) electrons. The smallest absolute Gasteiger partial charge is 0.328 e. The summed E-state index contributed by atoms with van der Waals surface area (Å²) >= 11 is 0. The Bertz CT molecular complexity index is 622. The number of ether oxygens (including phenoxy) is 2. The number of hydrogen-bond acceptors (Lipinski definition) is 6. The number of carboxylic acid groups (broad SMARTS) is 1. The van der Waals surface area contributed by atoms with E-state index in [9.17, 15) is 4.79 Å². The van der Waals surface area contributed by atoms with Gasteiger partial charge >= 0.3 is 5.97 Å². The average Bonchev–Trinajstić information content (AvgIpc) is 2.97. The first-order valence-electron chi connectivity index (χ1n) is 6.25. The monoisotopic (exact) mass is 290 g/mol. The van der Waals surface area contributed by atoms with Crippen molar-refractivity contribution in [2.75, 3.05) is 6.61 Å². The molecule has 1 aromatic heterocycles. The van der Waals surface area contributed by atoms with Crippen molar-refractivity contribution in [3.05, 3.63) is 42.1 Å². The molecule has 0 unspecified atom stereocenters. The lowest BCUT2D eigenvalue weighted by Gasteiger charge is -2.13. The molecule has 7 nitrogen and oxygen atoms in total. The zero-order valence-electron chi connectivity index (χ0n) is 11.4. The predicted octanol–water partition coefficient (Wildman–Crippen LogP) is 2.15. The Kier molecular flexibility index (Phi) is 4.92. The molecule has 0 saturated carbocycles. The minimum atomic E-state index is -1.04. The lowest BCUT2D eigenvalue weighted by molar-refractivity contribution is -0.131. The van der Waals surface area contributed by atoms with Gasteiger partial charge in [-0.05, 0) is 19.1 Å². The number of carbonyl (C=O) groups is 1. The zero-order chi connectivity index (χ0) is 15.1. The summed E-state index contributed by atoms with van der Waals surface area (Å²) in [5, 5.41) is 12.4. The van der Waals surface area contributed by atoms with Crippen LogP contribution in [-0.4, -0.2) is 27.8 Å². The molecular weight excluding hydrogens is 276 g/mol. The first-order valence-corrected chi connectivity index (χ1v) is 6.25. The maximum Gasteiger partial charge on any atom is 0.328 e. The highest BCUT2D eigenvalue weighted by Gasteiger charge is 2.11. The molecule has 1 N–H and O–H groups in total. The van der Waals surface area contributed by atoms with Crippen molar-refractivity contribution in [3.63, 3.8) is 0 Å². The summed E-state index contributed by atoms with van der Waals surface area (Å²) in [5.74, 6) is 0.297. The second-order valence-electron chi connectivity index (χ2n) is 3.92. The molecule has 0 aliphatic carbocycles.